The van der Waals surface area contributed by atoms with Gasteiger partial charge >= 0.3 is 0 Å². The van der Waals surface area contributed by atoms with Crippen molar-refractivity contribution in [2.75, 3.05) is 0 Å². The number of hydrogen-bond donors (Lipinski definition) is 1. The Morgan fingerprint density at radius 1 is 0.844 bits per heavy atom. The van der Waals surface area contributed by atoms with Crippen molar-refractivity contribution in [1.82, 2.24) is 0 Å². The van der Waals surface area contributed by atoms with E-state index in [1.54, 1.807) is 0 Å². The normalized spacial score (nSPS) is 59.3. The zero-order valence-electron chi connectivity index (χ0n) is 29.5. The Balaban J connectivity index is 0.971. The van der Waals surface area contributed by atoms with Gasteiger partial charge in [-0.15, -0.1) is 0 Å². The molecule has 4 aliphatic heterocycles. The molecule has 0 amide bonds. The van der Waals surface area contributed by atoms with Crippen molar-refractivity contribution in [1.29, 1.82) is 0 Å². The van der Waals surface area contributed by atoms with E-state index in [0.717, 1.165) is 50.4 Å². The number of ether oxygens (including phenoxy) is 3. The predicted octanol–water partition coefficient (Wildman–Crippen LogP) is 8.65. The lowest BCUT2D eigenvalue weighted by atomic mass is 9.43. The molecule has 5 saturated carbocycles. The molecule has 9 aliphatic rings. The first kappa shape index (κ1) is 32.0. The molecule has 6 heteroatoms. The fourth-order valence-electron chi connectivity index (χ4n) is 14.1. The maximum atomic E-state index is 12.0. The Morgan fingerprint density at radius 2 is 1.64 bits per heavy atom. The average Bonchev–Trinajstić information content (AvgIpc) is 3.22. The van der Waals surface area contributed by atoms with Crippen molar-refractivity contribution >= 4 is 0 Å². The minimum Gasteiger partial charge on any atom is -0.393 e. The van der Waals surface area contributed by atoms with Crippen molar-refractivity contribution in [2.45, 2.75) is 175 Å². The number of fused-ring (bicyclic) bond motifs is 7. The Hall–Kier alpha value is -0.240. The van der Waals surface area contributed by atoms with E-state index in [2.05, 4.69) is 41.5 Å². The summed E-state index contributed by atoms with van der Waals surface area (Å²) in [7, 11) is 0. The van der Waals surface area contributed by atoms with Crippen LogP contribution in [0, 0.1) is 70.0 Å². The van der Waals surface area contributed by atoms with E-state index in [9.17, 15) is 5.11 Å². The Morgan fingerprint density at radius 3 is 2.44 bits per heavy atom. The van der Waals surface area contributed by atoms with Crippen LogP contribution in [0.15, 0.2) is 0 Å². The van der Waals surface area contributed by atoms with Crippen LogP contribution in [0.1, 0.15) is 138 Å². The molecule has 256 valence electrons. The van der Waals surface area contributed by atoms with Gasteiger partial charge in [0.05, 0.1) is 12.2 Å². The highest BCUT2D eigenvalue weighted by Gasteiger charge is 2.70. The van der Waals surface area contributed by atoms with Crippen molar-refractivity contribution in [3.05, 3.63) is 0 Å². The lowest BCUT2D eigenvalue weighted by molar-refractivity contribution is -0.578. The Bertz CT molecular complexity index is 1120. The summed E-state index contributed by atoms with van der Waals surface area (Å²) < 4.78 is 20.5. The molecule has 9 fully saturated rings. The van der Waals surface area contributed by atoms with Crippen molar-refractivity contribution in [3.63, 3.8) is 0 Å². The number of aliphatic hydroxyl groups excluding tert-OH is 1. The first-order valence-corrected chi connectivity index (χ1v) is 19.5. The minimum atomic E-state index is -0.748. The van der Waals surface area contributed by atoms with Gasteiger partial charge in [0.15, 0.2) is 18.2 Å². The number of aliphatic hydroxyl groups is 1. The summed E-state index contributed by atoms with van der Waals surface area (Å²) in [4.78, 5) is 12.4. The second-order valence-corrected chi connectivity index (χ2v) is 18.5. The van der Waals surface area contributed by atoms with E-state index in [4.69, 9.17) is 24.0 Å². The molecule has 18 atom stereocenters. The summed E-state index contributed by atoms with van der Waals surface area (Å²) in [5.74, 6) is 4.92. The van der Waals surface area contributed by atoms with E-state index in [1.165, 1.54) is 51.4 Å². The monoisotopic (exact) mass is 628 g/mol. The van der Waals surface area contributed by atoms with E-state index < -0.39 is 17.7 Å². The SMILES string of the molecule is CCC[C@@H](C)[C@H]1CCC2C3CCC4C[C@H](OC5OC6O[C@@]7(C)CCC8[C@H](C)CCC([C@H]5C)[C@@]68OO7)CC[C@]4(C)C3C[C@H](O)[C@@]21C. The largest absolute Gasteiger partial charge is 0.393 e. The molecule has 4 heterocycles. The third-order valence-electron chi connectivity index (χ3n) is 16.7. The summed E-state index contributed by atoms with van der Waals surface area (Å²) in [6, 6.07) is 0. The zero-order chi connectivity index (χ0) is 31.5. The summed E-state index contributed by atoms with van der Waals surface area (Å²) >= 11 is 0. The van der Waals surface area contributed by atoms with Gasteiger partial charge in [0.25, 0.3) is 0 Å². The molecule has 0 aromatic carbocycles. The quantitative estimate of drug-likeness (QED) is 0.243. The maximum Gasteiger partial charge on any atom is 0.201 e. The molecular weight excluding hydrogens is 564 g/mol. The lowest BCUT2D eigenvalue weighted by Gasteiger charge is -2.63. The second kappa shape index (κ2) is 11.1. The highest BCUT2D eigenvalue weighted by Crippen LogP contribution is 2.69. The van der Waals surface area contributed by atoms with Crippen LogP contribution in [-0.2, 0) is 24.0 Å². The van der Waals surface area contributed by atoms with Gasteiger partial charge in [0.1, 0.15) is 0 Å². The molecule has 45 heavy (non-hydrogen) atoms. The fourth-order valence-corrected chi connectivity index (χ4v) is 14.1. The third kappa shape index (κ3) is 4.53. The highest BCUT2D eigenvalue weighted by molar-refractivity contribution is 5.13. The van der Waals surface area contributed by atoms with Gasteiger partial charge in [-0.1, -0.05) is 54.4 Å². The van der Waals surface area contributed by atoms with Gasteiger partial charge in [0, 0.05) is 18.3 Å². The molecule has 2 bridgehead atoms. The zero-order valence-corrected chi connectivity index (χ0v) is 29.5. The smallest absolute Gasteiger partial charge is 0.201 e. The Labute approximate surface area is 273 Å². The molecule has 0 radical (unpaired) electrons. The van der Waals surface area contributed by atoms with Crippen LogP contribution in [-0.4, -0.2) is 41.3 Å². The molecular formula is C39H64O6. The highest BCUT2D eigenvalue weighted by atomic mass is 17.3. The van der Waals surface area contributed by atoms with E-state index >= 15 is 0 Å². The van der Waals surface area contributed by atoms with E-state index in [0.29, 0.717) is 46.8 Å². The average molecular weight is 629 g/mol. The first-order chi connectivity index (χ1) is 21.4. The summed E-state index contributed by atoms with van der Waals surface area (Å²) in [5.41, 5.74) is -0.121. The molecule has 0 aromatic rings. The summed E-state index contributed by atoms with van der Waals surface area (Å²) in [6.07, 6.45) is 15.9. The van der Waals surface area contributed by atoms with Gasteiger partial charge in [0.2, 0.25) is 5.79 Å². The Kier molecular flexibility index (Phi) is 7.92. The standard InChI is InChI=1S/C39H64O6/c1-8-9-22(2)28-14-15-31-27-12-11-25-20-26(16-18-36(25,5)32(27)21-33(40)38(28,31)7)41-34-24(4)30-13-10-23(3)29-17-19-37(6)43-35(42-34)39(29,30)45-44-37/h22-35,40H,8-21H2,1-7H3/t22-,23-,24-,25?,26-,27?,28-,29?,30?,31?,32?,33+,34?,35?,36+,37-,38-,39-/m1/s1. The lowest BCUT2D eigenvalue weighted by Crippen LogP contribution is -2.70. The minimum absolute atomic E-state index is 0.104. The number of hydrogen-bond acceptors (Lipinski definition) is 6. The van der Waals surface area contributed by atoms with E-state index in [1.807, 2.05) is 6.92 Å². The summed E-state index contributed by atoms with van der Waals surface area (Å²) in [6.45, 7) is 16.6. The second-order valence-electron chi connectivity index (χ2n) is 18.5. The van der Waals surface area contributed by atoms with Gasteiger partial charge in [-0.2, -0.15) is 0 Å². The number of rotatable bonds is 5. The molecule has 0 aromatic heterocycles. The van der Waals surface area contributed by atoms with Crippen LogP contribution in [0.25, 0.3) is 0 Å². The van der Waals surface area contributed by atoms with Gasteiger partial charge < -0.3 is 19.3 Å². The van der Waals surface area contributed by atoms with Gasteiger partial charge in [-0.25, -0.2) is 9.78 Å². The van der Waals surface area contributed by atoms with Crippen LogP contribution in [0.3, 0.4) is 0 Å². The molecule has 1 N–H and O–H groups in total. The van der Waals surface area contributed by atoms with Crippen LogP contribution >= 0.6 is 0 Å². The fraction of sp³-hybridized carbons (Fsp3) is 1.00. The van der Waals surface area contributed by atoms with Crippen molar-refractivity contribution in [2.24, 2.45) is 70.0 Å². The van der Waals surface area contributed by atoms with Crippen LogP contribution in [0.5, 0.6) is 0 Å². The molecule has 6 nitrogen and oxygen atoms in total. The molecule has 1 spiro atoms. The molecule has 5 aliphatic carbocycles. The molecule has 8 unspecified atom stereocenters. The summed E-state index contributed by atoms with van der Waals surface area (Å²) in [5, 5.41) is 12.0. The third-order valence-corrected chi connectivity index (χ3v) is 16.7. The van der Waals surface area contributed by atoms with Crippen molar-refractivity contribution in [3.8, 4) is 0 Å². The van der Waals surface area contributed by atoms with Gasteiger partial charge in [-0.3, -0.25) is 0 Å². The predicted molar refractivity (Wildman–Crippen MR) is 172 cm³/mol. The van der Waals surface area contributed by atoms with Crippen LogP contribution < -0.4 is 0 Å². The topological polar surface area (TPSA) is 66.4 Å². The van der Waals surface area contributed by atoms with Crippen LogP contribution in [0.4, 0.5) is 0 Å². The van der Waals surface area contributed by atoms with Crippen molar-refractivity contribution < 1.29 is 29.1 Å². The van der Waals surface area contributed by atoms with Crippen LogP contribution in [0.2, 0.25) is 0 Å². The van der Waals surface area contributed by atoms with Gasteiger partial charge in [-0.05, 0) is 136 Å². The molecule has 9 rings (SSSR count). The first-order valence-electron chi connectivity index (χ1n) is 19.5. The van der Waals surface area contributed by atoms with E-state index in [-0.39, 0.29) is 29.8 Å². The molecule has 4 saturated heterocycles. The maximum absolute atomic E-state index is 12.0.